The van der Waals surface area contributed by atoms with Crippen LogP contribution in [0.3, 0.4) is 0 Å². The van der Waals surface area contributed by atoms with Gasteiger partial charge in [0.2, 0.25) is 0 Å². The molecular formula is C14H14ClNO3S. The van der Waals surface area contributed by atoms with E-state index in [4.69, 9.17) is 21.1 Å². The zero-order chi connectivity index (χ0) is 14.3. The summed E-state index contributed by atoms with van der Waals surface area (Å²) in [6.45, 7) is 1.34. The van der Waals surface area contributed by atoms with Gasteiger partial charge in [0, 0.05) is 24.2 Å². The van der Waals surface area contributed by atoms with Crippen molar-refractivity contribution in [3.63, 3.8) is 0 Å². The lowest BCUT2D eigenvalue weighted by atomic mass is 10.2. The summed E-state index contributed by atoms with van der Waals surface area (Å²) in [5.41, 5.74) is 0. The number of ether oxygens (including phenoxy) is 2. The topological polar surface area (TPSA) is 42.1 Å². The van der Waals surface area contributed by atoms with Crippen LogP contribution in [0.4, 0.5) is 0 Å². The van der Waals surface area contributed by atoms with Crippen LogP contribution in [0.1, 0.15) is 9.67 Å². The summed E-state index contributed by atoms with van der Waals surface area (Å²) in [5.74, 6) is 0.694. The molecule has 20 heavy (non-hydrogen) atoms. The first-order valence-electron chi connectivity index (χ1n) is 6.24. The normalized spacial score (nSPS) is 17.2. The van der Waals surface area contributed by atoms with Crippen LogP contribution < -0.4 is 4.74 Å². The minimum absolute atomic E-state index is 0.0787. The van der Waals surface area contributed by atoms with Gasteiger partial charge >= 0.3 is 0 Å². The average molecular weight is 312 g/mol. The van der Waals surface area contributed by atoms with E-state index < -0.39 is 0 Å². The van der Waals surface area contributed by atoms with Gasteiger partial charge in [-0.25, -0.2) is 0 Å². The van der Waals surface area contributed by atoms with Crippen molar-refractivity contribution in [3.8, 4) is 5.75 Å². The first-order chi connectivity index (χ1) is 9.56. The predicted octanol–water partition coefficient (Wildman–Crippen LogP) is 3.03. The molecule has 6 heteroatoms. The zero-order valence-electron chi connectivity index (χ0n) is 11.2. The van der Waals surface area contributed by atoms with Crippen molar-refractivity contribution in [2.45, 2.75) is 6.10 Å². The maximum atomic E-state index is 12.0. The minimum Gasteiger partial charge on any atom is -0.491 e. The molecule has 1 atom stereocenters. The van der Waals surface area contributed by atoms with Crippen LogP contribution in [0.5, 0.6) is 5.75 Å². The van der Waals surface area contributed by atoms with Gasteiger partial charge in [-0.05, 0) is 18.2 Å². The average Bonchev–Trinajstić information content (AvgIpc) is 3.20. The highest BCUT2D eigenvalue weighted by Gasteiger charge is 2.23. The molecule has 1 fully saturated rings. The van der Waals surface area contributed by atoms with Crippen molar-refractivity contribution < 1.29 is 14.3 Å². The van der Waals surface area contributed by atoms with Gasteiger partial charge < -0.3 is 14.4 Å². The third kappa shape index (κ3) is 2.61. The Bertz CT molecular complexity index is 664. The first-order valence-corrected chi connectivity index (χ1v) is 7.44. The fraction of sp³-hybridized carbons (Fsp3) is 0.357. The molecule has 1 aromatic heterocycles. The number of hydrogen-bond donors (Lipinski definition) is 0. The molecule has 106 valence electrons. The molecular weight excluding hydrogens is 298 g/mol. The predicted molar refractivity (Wildman–Crippen MR) is 80.1 cm³/mol. The van der Waals surface area contributed by atoms with E-state index in [9.17, 15) is 4.79 Å². The van der Waals surface area contributed by atoms with E-state index in [1.807, 2.05) is 18.2 Å². The maximum Gasteiger partial charge on any atom is 0.264 e. The summed E-state index contributed by atoms with van der Waals surface area (Å²) in [6.07, 6.45) is 0.225. The van der Waals surface area contributed by atoms with Crippen LogP contribution in [0.25, 0.3) is 10.1 Å². The lowest BCUT2D eigenvalue weighted by molar-refractivity contribution is 0.0832. The quantitative estimate of drug-likeness (QED) is 0.815. The van der Waals surface area contributed by atoms with Crippen molar-refractivity contribution in [3.05, 3.63) is 28.1 Å². The van der Waals surface area contributed by atoms with E-state index in [-0.39, 0.29) is 12.0 Å². The van der Waals surface area contributed by atoms with Gasteiger partial charge in [0.15, 0.2) is 0 Å². The van der Waals surface area contributed by atoms with E-state index >= 15 is 0 Å². The Morgan fingerprint density at radius 1 is 1.55 bits per heavy atom. The van der Waals surface area contributed by atoms with Gasteiger partial charge in [0.1, 0.15) is 23.3 Å². The molecule has 1 aromatic carbocycles. The summed E-state index contributed by atoms with van der Waals surface area (Å²) in [4.78, 5) is 14.1. The van der Waals surface area contributed by atoms with E-state index in [1.54, 1.807) is 14.1 Å². The van der Waals surface area contributed by atoms with Crippen molar-refractivity contribution in [1.29, 1.82) is 0 Å². The van der Waals surface area contributed by atoms with Crippen molar-refractivity contribution in [2.24, 2.45) is 0 Å². The SMILES string of the molecule is CN(C)C(=O)c1sc2cc(OC[C@@H]3CO3)ccc2c1Cl. The number of carbonyl (C=O) groups is 1. The smallest absolute Gasteiger partial charge is 0.264 e. The summed E-state index contributed by atoms with van der Waals surface area (Å²) < 4.78 is 11.7. The molecule has 0 saturated carbocycles. The highest BCUT2D eigenvalue weighted by molar-refractivity contribution is 7.21. The Morgan fingerprint density at radius 3 is 2.95 bits per heavy atom. The molecule has 1 aliphatic heterocycles. The van der Waals surface area contributed by atoms with Crippen LogP contribution >= 0.6 is 22.9 Å². The Labute approximate surface area is 125 Å². The number of fused-ring (bicyclic) bond motifs is 1. The van der Waals surface area contributed by atoms with Crippen molar-refractivity contribution in [2.75, 3.05) is 27.3 Å². The van der Waals surface area contributed by atoms with Gasteiger partial charge in [-0.3, -0.25) is 4.79 Å². The standard InChI is InChI=1S/C14H14ClNO3S/c1-16(2)14(17)13-12(15)10-4-3-8(5-11(10)20-13)18-6-9-7-19-9/h3-5,9H,6-7H2,1-2H3/t9-/m1/s1. The summed E-state index contributed by atoms with van der Waals surface area (Å²) in [6, 6.07) is 5.68. The van der Waals surface area contributed by atoms with Crippen molar-refractivity contribution in [1.82, 2.24) is 4.90 Å². The Kier molecular flexibility index (Phi) is 3.58. The maximum absolute atomic E-state index is 12.0. The van der Waals surface area contributed by atoms with E-state index in [0.717, 1.165) is 22.4 Å². The largest absolute Gasteiger partial charge is 0.491 e. The van der Waals surface area contributed by atoms with Crippen molar-refractivity contribution >= 4 is 38.9 Å². The molecule has 2 aromatic rings. The fourth-order valence-electron chi connectivity index (χ4n) is 1.83. The van der Waals surface area contributed by atoms with Crippen LogP contribution in [0, 0.1) is 0 Å². The minimum atomic E-state index is -0.0787. The lowest BCUT2D eigenvalue weighted by Gasteiger charge is -2.07. The highest BCUT2D eigenvalue weighted by atomic mass is 35.5. The molecule has 1 amide bonds. The van der Waals surface area contributed by atoms with E-state index in [1.165, 1.54) is 16.2 Å². The van der Waals surface area contributed by atoms with Gasteiger partial charge in [-0.15, -0.1) is 11.3 Å². The van der Waals surface area contributed by atoms with Crippen LogP contribution in [-0.4, -0.2) is 44.2 Å². The third-order valence-electron chi connectivity index (χ3n) is 3.04. The number of epoxide rings is 1. The molecule has 0 radical (unpaired) electrons. The molecule has 0 N–H and O–H groups in total. The lowest BCUT2D eigenvalue weighted by Crippen LogP contribution is -2.20. The zero-order valence-corrected chi connectivity index (χ0v) is 12.8. The molecule has 0 spiro atoms. The number of carbonyl (C=O) groups excluding carboxylic acids is 1. The van der Waals surface area contributed by atoms with Gasteiger partial charge in [0.05, 0.1) is 11.6 Å². The van der Waals surface area contributed by atoms with Gasteiger partial charge in [-0.2, -0.15) is 0 Å². The van der Waals surface area contributed by atoms with Crippen LogP contribution in [0.2, 0.25) is 5.02 Å². The Balaban J connectivity index is 1.91. The van der Waals surface area contributed by atoms with Crippen LogP contribution in [-0.2, 0) is 4.74 Å². The van der Waals surface area contributed by atoms with Gasteiger partial charge in [-0.1, -0.05) is 11.6 Å². The Morgan fingerprint density at radius 2 is 2.30 bits per heavy atom. The first kappa shape index (κ1) is 13.7. The number of hydrogen-bond acceptors (Lipinski definition) is 4. The molecule has 1 saturated heterocycles. The number of halogens is 1. The third-order valence-corrected chi connectivity index (χ3v) is 4.68. The van der Waals surface area contributed by atoms with Gasteiger partial charge in [0.25, 0.3) is 5.91 Å². The second kappa shape index (κ2) is 5.24. The molecule has 0 aliphatic carbocycles. The highest BCUT2D eigenvalue weighted by Crippen LogP contribution is 2.37. The number of benzene rings is 1. The molecule has 1 aliphatic rings. The number of nitrogens with zero attached hydrogens (tertiary/aromatic N) is 1. The number of thiophene rings is 1. The summed E-state index contributed by atoms with van der Waals surface area (Å²) >= 11 is 7.68. The second-order valence-corrected chi connectivity index (χ2v) is 6.30. The second-order valence-electron chi connectivity index (χ2n) is 4.87. The molecule has 3 rings (SSSR count). The number of rotatable bonds is 4. The molecule has 4 nitrogen and oxygen atoms in total. The number of amides is 1. The van der Waals surface area contributed by atoms with E-state index in [2.05, 4.69) is 0 Å². The molecule has 2 heterocycles. The molecule has 0 bridgehead atoms. The summed E-state index contributed by atoms with van der Waals surface area (Å²) in [5, 5.41) is 1.40. The van der Waals surface area contributed by atoms with E-state index in [0.29, 0.717) is 16.5 Å². The fourth-order valence-corrected chi connectivity index (χ4v) is 3.39. The monoisotopic (exact) mass is 311 g/mol. The molecule has 0 unspecified atom stereocenters. The van der Waals surface area contributed by atoms with Crippen LogP contribution in [0.15, 0.2) is 18.2 Å². The summed E-state index contributed by atoms with van der Waals surface area (Å²) in [7, 11) is 3.43. The Hall–Kier alpha value is -1.30.